The molecule has 1 amide bonds. The Hall–Kier alpha value is -3.46. The van der Waals surface area contributed by atoms with Crippen molar-refractivity contribution < 1.29 is 14.1 Å². The first-order valence-corrected chi connectivity index (χ1v) is 8.17. The minimum atomic E-state index is -0.614. The second-order valence-corrected chi connectivity index (χ2v) is 5.84. The quantitative estimate of drug-likeness (QED) is 0.511. The fourth-order valence-electron chi connectivity index (χ4n) is 2.34. The highest BCUT2D eigenvalue weighted by Gasteiger charge is 2.15. The highest BCUT2D eigenvalue weighted by atomic mass is 35.5. The summed E-state index contributed by atoms with van der Waals surface area (Å²) in [6.07, 6.45) is 1.50. The number of nitro benzene ring substituents is 1. The zero-order chi connectivity index (χ0) is 19.4. The monoisotopic (exact) mass is 388 g/mol. The van der Waals surface area contributed by atoms with Gasteiger partial charge in [-0.1, -0.05) is 11.6 Å². The van der Waals surface area contributed by atoms with Gasteiger partial charge in [0.15, 0.2) is 5.76 Å². The number of aromatic nitrogens is 2. The van der Waals surface area contributed by atoms with Gasteiger partial charge in [-0.15, -0.1) is 0 Å². The molecular formula is C17H13ClN4O5. The Morgan fingerprint density at radius 3 is 2.81 bits per heavy atom. The van der Waals surface area contributed by atoms with Crippen LogP contribution in [0.25, 0.3) is 11.5 Å². The lowest BCUT2D eigenvalue weighted by Crippen LogP contribution is -2.32. The van der Waals surface area contributed by atoms with Crippen LogP contribution in [0.2, 0.25) is 5.02 Å². The highest BCUT2D eigenvalue weighted by Crippen LogP contribution is 2.21. The fourth-order valence-corrected chi connectivity index (χ4v) is 2.54. The van der Waals surface area contributed by atoms with E-state index in [-0.39, 0.29) is 34.9 Å². The maximum atomic E-state index is 12.2. The molecule has 1 N–H and O–H groups in total. The first-order chi connectivity index (χ1) is 13.0. The van der Waals surface area contributed by atoms with Gasteiger partial charge in [-0.2, -0.15) is 5.10 Å². The van der Waals surface area contributed by atoms with Crippen molar-refractivity contribution in [2.75, 3.05) is 6.54 Å². The molecule has 0 aliphatic rings. The Kier molecular flexibility index (Phi) is 5.32. The largest absolute Gasteiger partial charge is 0.463 e. The fraction of sp³-hybridized carbons (Fsp3) is 0.118. The number of hydrogen-bond acceptors (Lipinski definition) is 6. The summed E-state index contributed by atoms with van der Waals surface area (Å²) < 4.78 is 6.43. The molecule has 2 heterocycles. The molecule has 138 valence electrons. The summed E-state index contributed by atoms with van der Waals surface area (Å²) in [7, 11) is 0. The molecule has 9 nitrogen and oxygen atoms in total. The second-order valence-electron chi connectivity index (χ2n) is 5.43. The van der Waals surface area contributed by atoms with Crippen molar-refractivity contribution in [1.29, 1.82) is 0 Å². The van der Waals surface area contributed by atoms with Gasteiger partial charge < -0.3 is 9.73 Å². The number of nitro groups is 1. The van der Waals surface area contributed by atoms with Gasteiger partial charge in [0.1, 0.15) is 5.69 Å². The van der Waals surface area contributed by atoms with E-state index in [1.165, 1.54) is 29.1 Å². The average Bonchev–Trinajstić information content (AvgIpc) is 3.18. The molecule has 27 heavy (non-hydrogen) atoms. The van der Waals surface area contributed by atoms with Crippen molar-refractivity contribution in [1.82, 2.24) is 15.1 Å². The number of furan rings is 1. The Morgan fingerprint density at radius 1 is 1.30 bits per heavy atom. The predicted molar refractivity (Wildman–Crippen MR) is 96.6 cm³/mol. The van der Waals surface area contributed by atoms with E-state index in [0.717, 1.165) is 6.07 Å². The molecule has 3 aromatic rings. The van der Waals surface area contributed by atoms with E-state index in [4.69, 9.17) is 16.0 Å². The molecule has 10 heteroatoms. The summed E-state index contributed by atoms with van der Waals surface area (Å²) in [6.45, 7) is 0.179. The zero-order valence-corrected chi connectivity index (χ0v) is 14.5. The normalized spacial score (nSPS) is 10.6. The van der Waals surface area contributed by atoms with E-state index in [1.807, 2.05) is 0 Å². The minimum Gasteiger partial charge on any atom is -0.463 e. The summed E-state index contributed by atoms with van der Waals surface area (Å²) in [5.41, 5.74) is -0.121. The van der Waals surface area contributed by atoms with Gasteiger partial charge in [-0.25, -0.2) is 4.68 Å². The molecule has 0 unspecified atom stereocenters. The Labute approximate surface area is 157 Å². The molecule has 0 spiro atoms. The van der Waals surface area contributed by atoms with Gasteiger partial charge >= 0.3 is 0 Å². The number of carbonyl (C=O) groups is 1. The molecule has 2 aromatic heterocycles. The summed E-state index contributed by atoms with van der Waals surface area (Å²) >= 11 is 5.93. The Balaban J connectivity index is 1.69. The summed E-state index contributed by atoms with van der Waals surface area (Å²) in [6, 6.07) is 9.90. The van der Waals surface area contributed by atoms with Crippen LogP contribution in [0, 0.1) is 10.1 Å². The standard InChI is InChI=1S/C17H13ClN4O5/c18-13-4-3-11(22(25)26)10-12(13)17(24)19-7-8-21-16(23)6-5-14(20-21)15-2-1-9-27-15/h1-6,9-10H,7-8H2,(H,19,24). The SMILES string of the molecule is O=C(NCCn1nc(-c2ccco2)ccc1=O)c1cc([N+](=O)[O-])ccc1Cl. The van der Waals surface area contributed by atoms with Crippen LogP contribution in [0.3, 0.4) is 0 Å². The van der Waals surface area contributed by atoms with Gasteiger partial charge in [-0.05, 0) is 24.3 Å². The van der Waals surface area contributed by atoms with Gasteiger partial charge in [0.25, 0.3) is 17.2 Å². The number of rotatable bonds is 6. The van der Waals surface area contributed by atoms with Crippen LogP contribution in [-0.2, 0) is 6.54 Å². The molecule has 1 aromatic carbocycles. The lowest BCUT2D eigenvalue weighted by Gasteiger charge is -2.08. The number of non-ortho nitro benzene ring substituents is 1. The molecular weight excluding hydrogens is 376 g/mol. The predicted octanol–water partition coefficient (Wildman–Crippen LogP) is 2.49. The third-order valence-electron chi connectivity index (χ3n) is 3.65. The van der Waals surface area contributed by atoms with Crippen LogP contribution in [0.5, 0.6) is 0 Å². The number of benzene rings is 1. The Bertz CT molecular complexity index is 1050. The number of hydrogen-bond donors (Lipinski definition) is 1. The summed E-state index contributed by atoms with van der Waals surface area (Å²) in [4.78, 5) is 34.4. The third kappa shape index (κ3) is 4.21. The first kappa shape index (κ1) is 18.3. The molecule has 0 atom stereocenters. The van der Waals surface area contributed by atoms with Gasteiger partial charge in [0.05, 0.1) is 28.3 Å². The number of nitrogens with zero attached hydrogens (tertiary/aromatic N) is 3. The van der Waals surface area contributed by atoms with E-state index in [0.29, 0.717) is 11.5 Å². The molecule has 0 aliphatic heterocycles. The number of halogens is 1. The molecule has 0 fully saturated rings. The van der Waals surface area contributed by atoms with Crippen molar-refractivity contribution >= 4 is 23.2 Å². The minimum absolute atomic E-state index is 0.0180. The molecule has 0 aliphatic carbocycles. The van der Waals surface area contributed by atoms with Crippen LogP contribution >= 0.6 is 11.6 Å². The zero-order valence-electron chi connectivity index (χ0n) is 13.8. The van der Waals surface area contributed by atoms with E-state index in [2.05, 4.69) is 10.4 Å². The van der Waals surface area contributed by atoms with Crippen LogP contribution in [0.15, 0.2) is 57.9 Å². The summed E-state index contributed by atoms with van der Waals surface area (Å²) in [5.74, 6) is -0.0740. The van der Waals surface area contributed by atoms with Crippen molar-refractivity contribution in [3.63, 3.8) is 0 Å². The first-order valence-electron chi connectivity index (χ1n) is 7.80. The van der Waals surface area contributed by atoms with E-state index in [9.17, 15) is 19.7 Å². The van der Waals surface area contributed by atoms with Crippen molar-refractivity contribution in [2.24, 2.45) is 0 Å². The smallest absolute Gasteiger partial charge is 0.270 e. The molecule has 0 bridgehead atoms. The van der Waals surface area contributed by atoms with Crippen molar-refractivity contribution in [2.45, 2.75) is 6.54 Å². The highest BCUT2D eigenvalue weighted by molar-refractivity contribution is 6.33. The van der Waals surface area contributed by atoms with Crippen LogP contribution in [0.1, 0.15) is 10.4 Å². The summed E-state index contributed by atoms with van der Waals surface area (Å²) in [5, 5.41) is 17.7. The van der Waals surface area contributed by atoms with E-state index in [1.54, 1.807) is 18.2 Å². The third-order valence-corrected chi connectivity index (χ3v) is 3.98. The molecule has 0 radical (unpaired) electrons. The molecule has 0 saturated heterocycles. The maximum Gasteiger partial charge on any atom is 0.270 e. The number of nitrogens with one attached hydrogen (secondary N) is 1. The second kappa shape index (κ2) is 7.83. The van der Waals surface area contributed by atoms with Gasteiger partial charge in [0.2, 0.25) is 0 Å². The maximum absolute atomic E-state index is 12.2. The lowest BCUT2D eigenvalue weighted by molar-refractivity contribution is -0.384. The van der Waals surface area contributed by atoms with Crippen molar-refractivity contribution in [3.8, 4) is 11.5 Å². The number of carbonyl (C=O) groups excluding carboxylic acids is 1. The topological polar surface area (TPSA) is 120 Å². The number of amides is 1. The average molecular weight is 389 g/mol. The van der Waals surface area contributed by atoms with Crippen LogP contribution in [0.4, 0.5) is 5.69 Å². The lowest BCUT2D eigenvalue weighted by atomic mass is 10.2. The van der Waals surface area contributed by atoms with E-state index >= 15 is 0 Å². The van der Waals surface area contributed by atoms with Gasteiger partial charge in [-0.3, -0.25) is 19.7 Å². The van der Waals surface area contributed by atoms with Crippen LogP contribution < -0.4 is 10.9 Å². The van der Waals surface area contributed by atoms with Gasteiger partial charge in [0, 0.05) is 24.7 Å². The van der Waals surface area contributed by atoms with Crippen LogP contribution in [-0.4, -0.2) is 27.2 Å². The Morgan fingerprint density at radius 2 is 2.11 bits per heavy atom. The molecule has 3 rings (SSSR count). The van der Waals surface area contributed by atoms with E-state index < -0.39 is 10.8 Å². The van der Waals surface area contributed by atoms with Crippen molar-refractivity contribution in [3.05, 3.63) is 79.8 Å². The molecule has 0 saturated carbocycles.